The first-order valence-corrected chi connectivity index (χ1v) is 7.26. The predicted octanol–water partition coefficient (Wildman–Crippen LogP) is 4.23. The number of nitrogens with one attached hydrogen (secondary N) is 1. The molecule has 1 rings (SSSR count). The molecule has 16 heavy (non-hydrogen) atoms. The van der Waals surface area contributed by atoms with E-state index in [-0.39, 0.29) is 0 Å². The third-order valence-electron chi connectivity index (χ3n) is 4.20. The van der Waals surface area contributed by atoms with E-state index in [1.165, 1.54) is 32.1 Å². The summed E-state index contributed by atoms with van der Waals surface area (Å²) in [4.78, 5) is 0. The van der Waals surface area contributed by atoms with Crippen molar-refractivity contribution in [3.05, 3.63) is 0 Å². The lowest BCUT2D eigenvalue weighted by molar-refractivity contribution is 0.191. The maximum absolute atomic E-state index is 3.87. The second kappa shape index (κ2) is 6.64. The third-order valence-corrected chi connectivity index (χ3v) is 4.20. The summed E-state index contributed by atoms with van der Waals surface area (Å²) < 4.78 is 0. The van der Waals surface area contributed by atoms with Crippen LogP contribution in [0.15, 0.2) is 0 Å². The van der Waals surface area contributed by atoms with Gasteiger partial charge in [0.05, 0.1) is 0 Å². The highest BCUT2D eigenvalue weighted by Gasteiger charge is 2.28. The molecular formula is C15H31N. The van der Waals surface area contributed by atoms with Crippen molar-refractivity contribution in [2.75, 3.05) is 0 Å². The Labute approximate surface area is 102 Å². The van der Waals surface area contributed by atoms with E-state index in [2.05, 4.69) is 39.9 Å². The van der Waals surface area contributed by atoms with Crippen LogP contribution >= 0.6 is 0 Å². The van der Waals surface area contributed by atoms with Crippen molar-refractivity contribution in [3.63, 3.8) is 0 Å². The molecule has 0 bridgehead atoms. The zero-order valence-electron chi connectivity index (χ0n) is 11.9. The third kappa shape index (κ3) is 4.45. The van der Waals surface area contributed by atoms with E-state index in [0.717, 1.165) is 23.8 Å². The van der Waals surface area contributed by atoms with Crippen molar-refractivity contribution in [2.45, 2.75) is 78.8 Å². The van der Waals surface area contributed by atoms with Gasteiger partial charge in [-0.25, -0.2) is 0 Å². The Morgan fingerprint density at radius 3 is 2.06 bits per heavy atom. The molecule has 1 aliphatic rings. The first-order valence-electron chi connectivity index (χ1n) is 7.26. The molecule has 1 nitrogen and oxygen atoms in total. The summed E-state index contributed by atoms with van der Waals surface area (Å²) in [6.45, 7) is 11.8. The Balaban J connectivity index is 2.33. The van der Waals surface area contributed by atoms with Gasteiger partial charge in [-0.05, 0) is 50.4 Å². The van der Waals surface area contributed by atoms with Crippen LogP contribution in [-0.2, 0) is 0 Å². The van der Waals surface area contributed by atoms with Gasteiger partial charge in [0.2, 0.25) is 0 Å². The summed E-state index contributed by atoms with van der Waals surface area (Å²) in [6, 6.07) is 1.45. The summed E-state index contributed by atoms with van der Waals surface area (Å²) in [5.41, 5.74) is 0. The molecule has 0 spiro atoms. The molecule has 0 amide bonds. The average molecular weight is 225 g/mol. The van der Waals surface area contributed by atoms with Crippen molar-refractivity contribution < 1.29 is 0 Å². The summed E-state index contributed by atoms with van der Waals surface area (Å²) in [5.74, 6) is 2.57. The first-order chi connectivity index (χ1) is 7.50. The quantitative estimate of drug-likeness (QED) is 0.738. The highest BCUT2D eigenvalue weighted by Crippen LogP contribution is 2.29. The van der Waals surface area contributed by atoms with Crippen LogP contribution in [0.1, 0.15) is 66.7 Å². The molecule has 0 aromatic carbocycles. The number of hydrogen-bond acceptors (Lipinski definition) is 1. The Morgan fingerprint density at radius 1 is 1.00 bits per heavy atom. The highest BCUT2D eigenvalue weighted by molar-refractivity contribution is 4.85. The predicted molar refractivity (Wildman–Crippen MR) is 72.6 cm³/mol. The minimum Gasteiger partial charge on any atom is -0.311 e. The fourth-order valence-electron chi connectivity index (χ4n) is 3.01. The lowest BCUT2D eigenvalue weighted by Gasteiger charge is -2.37. The lowest BCUT2D eigenvalue weighted by atomic mass is 9.78. The van der Waals surface area contributed by atoms with E-state index in [0.29, 0.717) is 6.04 Å². The molecule has 3 unspecified atom stereocenters. The second-order valence-electron chi connectivity index (χ2n) is 6.45. The molecule has 3 atom stereocenters. The average Bonchev–Trinajstić information content (AvgIpc) is 2.21. The molecule has 1 saturated carbocycles. The van der Waals surface area contributed by atoms with Crippen LogP contribution in [0.4, 0.5) is 0 Å². The largest absolute Gasteiger partial charge is 0.311 e. The molecule has 0 saturated heterocycles. The molecule has 0 aromatic rings. The minimum atomic E-state index is 0.690. The molecule has 0 radical (unpaired) electrons. The van der Waals surface area contributed by atoms with Gasteiger partial charge in [0.1, 0.15) is 0 Å². The van der Waals surface area contributed by atoms with Gasteiger partial charge in [-0.1, -0.05) is 34.1 Å². The monoisotopic (exact) mass is 225 g/mol. The maximum atomic E-state index is 3.87. The van der Waals surface area contributed by atoms with E-state index in [1.807, 2.05) is 0 Å². The van der Waals surface area contributed by atoms with Gasteiger partial charge in [-0.2, -0.15) is 0 Å². The van der Waals surface area contributed by atoms with Crippen molar-refractivity contribution >= 4 is 0 Å². The number of hydrogen-bond donors (Lipinski definition) is 1. The molecule has 0 aromatic heterocycles. The van der Waals surface area contributed by atoms with Crippen molar-refractivity contribution in [1.82, 2.24) is 5.32 Å². The topological polar surface area (TPSA) is 12.0 Å². The maximum Gasteiger partial charge on any atom is 0.0121 e. The zero-order valence-corrected chi connectivity index (χ0v) is 11.9. The Morgan fingerprint density at radius 2 is 1.56 bits per heavy atom. The van der Waals surface area contributed by atoms with E-state index >= 15 is 0 Å². The van der Waals surface area contributed by atoms with E-state index < -0.39 is 0 Å². The molecule has 1 heteroatoms. The molecule has 96 valence electrons. The molecule has 0 aliphatic heterocycles. The Hall–Kier alpha value is -0.0400. The summed E-state index contributed by atoms with van der Waals surface area (Å²) in [7, 11) is 0. The van der Waals surface area contributed by atoms with Gasteiger partial charge in [0.15, 0.2) is 0 Å². The summed E-state index contributed by atoms with van der Waals surface area (Å²) >= 11 is 0. The van der Waals surface area contributed by atoms with Crippen LogP contribution in [0, 0.1) is 17.8 Å². The van der Waals surface area contributed by atoms with Crippen LogP contribution in [-0.4, -0.2) is 12.1 Å². The van der Waals surface area contributed by atoms with Crippen LogP contribution in [0.2, 0.25) is 0 Å². The molecule has 1 fully saturated rings. The second-order valence-corrected chi connectivity index (χ2v) is 6.45. The van der Waals surface area contributed by atoms with Crippen LogP contribution in [0.25, 0.3) is 0 Å². The van der Waals surface area contributed by atoms with E-state index in [1.54, 1.807) is 0 Å². The zero-order chi connectivity index (χ0) is 12.1. The molecule has 1 N–H and O–H groups in total. The lowest BCUT2D eigenvalue weighted by Crippen LogP contribution is -2.46. The van der Waals surface area contributed by atoms with Gasteiger partial charge >= 0.3 is 0 Å². The normalized spacial score (nSPS) is 33.0. The summed E-state index contributed by atoms with van der Waals surface area (Å²) in [5, 5.41) is 3.87. The molecular weight excluding hydrogens is 194 g/mol. The van der Waals surface area contributed by atoms with E-state index in [4.69, 9.17) is 0 Å². The smallest absolute Gasteiger partial charge is 0.0121 e. The Kier molecular flexibility index (Phi) is 5.82. The SMILES string of the molecule is CC(C)CCC(C)NC1C(C)CCCC1C. The van der Waals surface area contributed by atoms with Gasteiger partial charge in [0, 0.05) is 12.1 Å². The van der Waals surface area contributed by atoms with Gasteiger partial charge in [-0.3, -0.25) is 0 Å². The molecule has 0 heterocycles. The van der Waals surface area contributed by atoms with Crippen molar-refractivity contribution in [3.8, 4) is 0 Å². The molecule has 1 aliphatic carbocycles. The first kappa shape index (κ1) is 14.0. The number of rotatable bonds is 5. The minimum absolute atomic E-state index is 0.690. The Bertz CT molecular complexity index is 178. The van der Waals surface area contributed by atoms with Crippen molar-refractivity contribution in [2.24, 2.45) is 17.8 Å². The fourth-order valence-corrected chi connectivity index (χ4v) is 3.01. The van der Waals surface area contributed by atoms with Gasteiger partial charge in [-0.15, -0.1) is 0 Å². The summed E-state index contributed by atoms with van der Waals surface area (Å²) in [6.07, 6.45) is 6.94. The van der Waals surface area contributed by atoms with Crippen LogP contribution < -0.4 is 5.32 Å². The van der Waals surface area contributed by atoms with E-state index in [9.17, 15) is 0 Å². The van der Waals surface area contributed by atoms with Gasteiger partial charge in [0.25, 0.3) is 0 Å². The highest BCUT2D eigenvalue weighted by atomic mass is 15.0. The standard InChI is InChI=1S/C15H31N/c1-11(2)9-10-14(5)16-15-12(3)7-6-8-13(15)4/h11-16H,6-10H2,1-5H3. The fraction of sp³-hybridized carbons (Fsp3) is 1.00. The van der Waals surface area contributed by atoms with Crippen molar-refractivity contribution in [1.29, 1.82) is 0 Å². The van der Waals surface area contributed by atoms with Crippen LogP contribution in [0.5, 0.6) is 0 Å². The van der Waals surface area contributed by atoms with Gasteiger partial charge < -0.3 is 5.32 Å². The van der Waals surface area contributed by atoms with Crippen LogP contribution in [0.3, 0.4) is 0 Å².